The van der Waals surface area contributed by atoms with E-state index >= 15 is 0 Å². The van der Waals surface area contributed by atoms with Crippen molar-refractivity contribution in [1.82, 2.24) is 14.8 Å². The first-order valence-corrected chi connectivity index (χ1v) is 12.7. The molecule has 1 fully saturated rings. The zero-order valence-electron chi connectivity index (χ0n) is 19.1. The van der Waals surface area contributed by atoms with E-state index in [-0.39, 0.29) is 24.0 Å². The second-order valence-corrected chi connectivity index (χ2v) is 11.6. The molecule has 2 aromatic rings. The van der Waals surface area contributed by atoms with Crippen LogP contribution in [0.25, 0.3) is 10.2 Å². The number of ether oxygens (including phenoxy) is 1. The van der Waals surface area contributed by atoms with Crippen LogP contribution in [0.1, 0.15) is 47.5 Å². The number of rotatable bonds is 6. The maximum Gasteiger partial charge on any atom is 0.410 e. The third kappa shape index (κ3) is 6.84. The molecule has 170 valence electrons. The van der Waals surface area contributed by atoms with E-state index < -0.39 is 5.60 Å². The first-order valence-electron chi connectivity index (χ1n) is 10.9. The number of aromatic nitrogens is 1. The first-order chi connectivity index (χ1) is 14.6. The average molecular weight is 464 g/mol. The molecule has 1 aliphatic rings. The minimum absolute atomic E-state index is 0.0514. The van der Waals surface area contributed by atoms with Gasteiger partial charge in [-0.05, 0) is 65.5 Å². The number of thioether (sulfide) groups is 1. The summed E-state index contributed by atoms with van der Waals surface area (Å²) < 4.78 is 7.66. The van der Waals surface area contributed by atoms with Gasteiger partial charge < -0.3 is 14.5 Å². The van der Waals surface area contributed by atoms with E-state index in [0.29, 0.717) is 18.8 Å². The highest BCUT2D eigenvalue weighted by Gasteiger charge is 2.30. The van der Waals surface area contributed by atoms with Gasteiger partial charge in [0.2, 0.25) is 5.91 Å². The number of fused-ring (bicyclic) bond motifs is 1. The van der Waals surface area contributed by atoms with Crippen LogP contribution in [0.15, 0.2) is 28.6 Å². The van der Waals surface area contributed by atoms with Crippen LogP contribution in [0.3, 0.4) is 0 Å². The Balaban J connectivity index is 1.54. The van der Waals surface area contributed by atoms with Gasteiger partial charge in [-0.15, -0.1) is 11.3 Å². The van der Waals surface area contributed by atoms with Gasteiger partial charge in [0.15, 0.2) is 4.34 Å². The Morgan fingerprint density at radius 2 is 2.06 bits per heavy atom. The third-order valence-corrected chi connectivity index (χ3v) is 7.34. The number of amides is 2. The van der Waals surface area contributed by atoms with Crippen LogP contribution in [-0.2, 0) is 9.53 Å². The van der Waals surface area contributed by atoms with Gasteiger partial charge in [-0.25, -0.2) is 9.78 Å². The number of nitrogens with zero attached hydrogens (tertiary/aromatic N) is 3. The lowest BCUT2D eigenvalue weighted by molar-refractivity contribution is -0.130. The first kappa shape index (κ1) is 23.9. The normalized spacial score (nSPS) is 17.2. The van der Waals surface area contributed by atoms with Crippen molar-refractivity contribution >= 4 is 45.3 Å². The smallest absolute Gasteiger partial charge is 0.410 e. The fraction of sp³-hybridized carbons (Fsp3) is 0.609. The van der Waals surface area contributed by atoms with E-state index in [2.05, 4.69) is 11.1 Å². The summed E-state index contributed by atoms with van der Waals surface area (Å²) in [6.07, 6.45) is 1.70. The molecule has 0 N–H and O–H groups in total. The van der Waals surface area contributed by atoms with Crippen molar-refractivity contribution in [3.05, 3.63) is 24.3 Å². The SMILES string of the molecule is CC(C)N(CC1CCCN(C(=O)CSc2nc3ccccc3s2)C1)C(=O)OC(C)(C)C. The Morgan fingerprint density at radius 3 is 2.74 bits per heavy atom. The quantitative estimate of drug-likeness (QED) is 0.546. The van der Waals surface area contributed by atoms with Gasteiger partial charge in [-0.3, -0.25) is 4.79 Å². The number of piperidine rings is 1. The summed E-state index contributed by atoms with van der Waals surface area (Å²) in [5.74, 6) is 0.800. The van der Waals surface area contributed by atoms with E-state index in [4.69, 9.17) is 4.74 Å². The highest BCUT2D eigenvalue weighted by atomic mass is 32.2. The topological polar surface area (TPSA) is 62.7 Å². The fourth-order valence-corrected chi connectivity index (χ4v) is 5.63. The van der Waals surface area contributed by atoms with Crippen LogP contribution in [0, 0.1) is 5.92 Å². The van der Waals surface area contributed by atoms with Crippen molar-refractivity contribution in [2.45, 2.75) is 63.4 Å². The molecule has 31 heavy (non-hydrogen) atoms. The minimum atomic E-state index is -0.517. The zero-order chi connectivity index (χ0) is 22.6. The number of thiazole rings is 1. The Morgan fingerprint density at radius 1 is 1.32 bits per heavy atom. The van der Waals surface area contributed by atoms with Crippen molar-refractivity contribution < 1.29 is 14.3 Å². The van der Waals surface area contributed by atoms with Crippen LogP contribution in [0.4, 0.5) is 4.79 Å². The Bertz CT molecular complexity index is 874. The van der Waals surface area contributed by atoms with E-state index in [1.807, 2.05) is 57.7 Å². The predicted octanol–water partition coefficient (Wildman–Crippen LogP) is 5.27. The molecule has 0 bridgehead atoms. The molecule has 0 radical (unpaired) electrons. The summed E-state index contributed by atoms with van der Waals surface area (Å²) in [7, 11) is 0. The van der Waals surface area contributed by atoms with Crippen molar-refractivity contribution in [2.24, 2.45) is 5.92 Å². The minimum Gasteiger partial charge on any atom is -0.444 e. The van der Waals surface area contributed by atoms with E-state index in [1.165, 1.54) is 11.8 Å². The molecule has 1 atom stereocenters. The van der Waals surface area contributed by atoms with Gasteiger partial charge in [-0.2, -0.15) is 0 Å². The number of carbonyl (C=O) groups excluding carboxylic acids is 2. The van der Waals surface area contributed by atoms with Crippen LogP contribution in [-0.4, -0.2) is 63.8 Å². The maximum absolute atomic E-state index is 12.9. The monoisotopic (exact) mass is 463 g/mol. The molecule has 8 heteroatoms. The molecule has 0 aliphatic carbocycles. The number of para-hydroxylation sites is 1. The third-order valence-electron chi connectivity index (χ3n) is 5.17. The number of benzene rings is 1. The largest absolute Gasteiger partial charge is 0.444 e. The summed E-state index contributed by atoms with van der Waals surface area (Å²) in [5, 5.41) is 0. The molecule has 0 saturated carbocycles. The molecule has 2 amide bonds. The zero-order valence-corrected chi connectivity index (χ0v) is 20.7. The van der Waals surface area contributed by atoms with Crippen LogP contribution < -0.4 is 0 Å². The van der Waals surface area contributed by atoms with Gasteiger partial charge in [0.1, 0.15) is 5.60 Å². The molecule has 1 aromatic heterocycles. The van der Waals surface area contributed by atoms with Crippen LogP contribution in [0.2, 0.25) is 0 Å². The Kier molecular flexibility index (Phi) is 7.86. The van der Waals surface area contributed by atoms with Gasteiger partial charge >= 0.3 is 6.09 Å². The molecule has 0 spiro atoms. The summed E-state index contributed by atoms with van der Waals surface area (Å²) in [6, 6.07) is 8.09. The molecule has 1 saturated heterocycles. The standard InChI is InChI=1S/C23H33N3O3S2/c1-16(2)26(22(28)29-23(3,4)5)14-17-9-8-12-25(13-17)20(27)15-30-21-24-18-10-6-7-11-19(18)31-21/h6-7,10-11,16-17H,8-9,12-15H2,1-5H3. The number of likely N-dealkylation sites (tertiary alicyclic amines) is 1. The molecule has 1 aromatic carbocycles. The highest BCUT2D eigenvalue weighted by Crippen LogP contribution is 2.30. The molecular weight excluding hydrogens is 430 g/mol. The second-order valence-electron chi connectivity index (χ2n) is 9.31. The lowest BCUT2D eigenvalue weighted by atomic mass is 9.97. The molecular formula is C23H33N3O3S2. The number of hydrogen-bond acceptors (Lipinski definition) is 6. The van der Waals surface area contributed by atoms with Gasteiger partial charge in [0.25, 0.3) is 0 Å². The lowest BCUT2D eigenvalue weighted by Gasteiger charge is -2.37. The predicted molar refractivity (Wildman–Crippen MR) is 128 cm³/mol. The van der Waals surface area contributed by atoms with Gasteiger partial charge in [0.05, 0.1) is 16.0 Å². The van der Waals surface area contributed by atoms with E-state index in [0.717, 1.165) is 33.9 Å². The van der Waals surface area contributed by atoms with Crippen LogP contribution in [0.5, 0.6) is 0 Å². The molecule has 1 aliphatic heterocycles. The number of carbonyl (C=O) groups is 2. The summed E-state index contributed by atoms with van der Waals surface area (Å²) in [6.45, 7) is 11.7. The van der Waals surface area contributed by atoms with Crippen molar-refractivity contribution in [3.8, 4) is 0 Å². The molecule has 1 unspecified atom stereocenters. The van der Waals surface area contributed by atoms with Crippen molar-refractivity contribution in [1.29, 1.82) is 0 Å². The summed E-state index contributed by atoms with van der Waals surface area (Å²) in [4.78, 5) is 33.8. The van der Waals surface area contributed by atoms with E-state index in [9.17, 15) is 9.59 Å². The summed E-state index contributed by atoms with van der Waals surface area (Å²) >= 11 is 3.14. The highest BCUT2D eigenvalue weighted by molar-refractivity contribution is 8.01. The molecule has 2 heterocycles. The second kappa shape index (κ2) is 10.2. The van der Waals surface area contributed by atoms with Gasteiger partial charge in [0, 0.05) is 25.7 Å². The van der Waals surface area contributed by atoms with Crippen LogP contribution >= 0.6 is 23.1 Å². The molecule has 3 rings (SSSR count). The fourth-order valence-electron chi connectivity index (χ4n) is 3.66. The lowest BCUT2D eigenvalue weighted by Crippen LogP contribution is -2.48. The Hall–Kier alpha value is -1.80. The van der Waals surface area contributed by atoms with E-state index in [1.54, 1.807) is 16.2 Å². The van der Waals surface area contributed by atoms with Gasteiger partial charge in [-0.1, -0.05) is 23.9 Å². The maximum atomic E-state index is 12.9. The average Bonchev–Trinajstić information content (AvgIpc) is 3.12. The number of hydrogen-bond donors (Lipinski definition) is 0. The van der Waals surface area contributed by atoms with Crippen molar-refractivity contribution in [2.75, 3.05) is 25.4 Å². The molecule has 6 nitrogen and oxygen atoms in total. The van der Waals surface area contributed by atoms with Crippen molar-refractivity contribution in [3.63, 3.8) is 0 Å². The summed E-state index contributed by atoms with van der Waals surface area (Å²) in [5.41, 5.74) is 0.466. The Labute approximate surface area is 193 Å².